The number of nitrogens with zero attached hydrogens (tertiary/aromatic N) is 1. The van der Waals surface area contributed by atoms with Crippen LogP contribution < -0.4 is 5.73 Å². The monoisotopic (exact) mass is 232 g/mol. The zero-order chi connectivity index (χ0) is 11.5. The van der Waals surface area contributed by atoms with Gasteiger partial charge in [-0.05, 0) is 61.7 Å². The van der Waals surface area contributed by atoms with Gasteiger partial charge in [0, 0.05) is 6.42 Å². The first-order valence-corrected chi connectivity index (χ1v) is 6.91. The van der Waals surface area contributed by atoms with Crippen molar-refractivity contribution in [3.8, 4) is 0 Å². The molecular formula is C14H20N2O. The average Bonchev–Trinajstić information content (AvgIpc) is 2.61. The first-order valence-electron chi connectivity index (χ1n) is 6.91. The number of hydrogen-bond acceptors (Lipinski definition) is 3. The summed E-state index contributed by atoms with van der Waals surface area (Å²) in [4.78, 5) is 0. The Bertz CT molecular complexity index is 402. The molecule has 92 valence electrons. The molecule has 3 nitrogen and oxygen atoms in total. The van der Waals surface area contributed by atoms with E-state index in [1.807, 2.05) is 0 Å². The molecule has 5 rings (SSSR count). The summed E-state index contributed by atoms with van der Waals surface area (Å²) in [6.45, 7) is 0. The molecule has 0 atom stereocenters. The van der Waals surface area contributed by atoms with Gasteiger partial charge in [-0.3, -0.25) is 0 Å². The molecule has 0 amide bonds. The van der Waals surface area contributed by atoms with E-state index in [9.17, 15) is 0 Å². The third kappa shape index (κ3) is 1.51. The van der Waals surface area contributed by atoms with Gasteiger partial charge in [0.05, 0.1) is 11.9 Å². The van der Waals surface area contributed by atoms with Crippen molar-refractivity contribution in [1.29, 1.82) is 0 Å². The SMILES string of the molecule is Nc1cnoc1CC12CC3CC(CC(C3)C1)C2. The molecule has 0 aliphatic heterocycles. The Morgan fingerprint density at radius 1 is 1.18 bits per heavy atom. The van der Waals surface area contributed by atoms with Crippen LogP contribution in [0.5, 0.6) is 0 Å². The summed E-state index contributed by atoms with van der Waals surface area (Å²) in [6, 6.07) is 0. The predicted molar refractivity (Wildman–Crippen MR) is 65.2 cm³/mol. The normalized spacial score (nSPS) is 43.2. The lowest BCUT2D eigenvalue weighted by Gasteiger charge is -2.56. The zero-order valence-corrected chi connectivity index (χ0v) is 10.2. The van der Waals surface area contributed by atoms with Crippen molar-refractivity contribution in [3.63, 3.8) is 0 Å². The summed E-state index contributed by atoms with van der Waals surface area (Å²) in [5.41, 5.74) is 7.17. The Morgan fingerprint density at radius 3 is 2.24 bits per heavy atom. The van der Waals surface area contributed by atoms with Crippen LogP contribution in [0.3, 0.4) is 0 Å². The molecule has 4 aliphatic carbocycles. The van der Waals surface area contributed by atoms with E-state index < -0.39 is 0 Å². The Kier molecular flexibility index (Phi) is 1.92. The Morgan fingerprint density at radius 2 is 1.76 bits per heavy atom. The van der Waals surface area contributed by atoms with Gasteiger partial charge >= 0.3 is 0 Å². The third-order valence-electron chi connectivity index (χ3n) is 5.38. The smallest absolute Gasteiger partial charge is 0.160 e. The summed E-state index contributed by atoms with van der Waals surface area (Å²) in [5, 5.41) is 3.82. The number of aromatic nitrogens is 1. The maximum absolute atomic E-state index is 5.91. The van der Waals surface area contributed by atoms with Crippen LogP contribution in [0, 0.1) is 23.2 Å². The van der Waals surface area contributed by atoms with Gasteiger partial charge in [-0.1, -0.05) is 5.16 Å². The predicted octanol–water partition coefficient (Wildman–Crippen LogP) is 3.02. The quantitative estimate of drug-likeness (QED) is 0.852. The molecule has 4 bridgehead atoms. The molecule has 3 heteroatoms. The molecule has 2 N–H and O–H groups in total. The molecule has 0 saturated heterocycles. The second kappa shape index (κ2) is 3.27. The van der Waals surface area contributed by atoms with Gasteiger partial charge in [-0.15, -0.1) is 0 Å². The maximum Gasteiger partial charge on any atom is 0.160 e. The van der Waals surface area contributed by atoms with E-state index in [1.165, 1.54) is 38.5 Å². The average molecular weight is 232 g/mol. The minimum absolute atomic E-state index is 0.502. The highest BCUT2D eigenvalue weighted by Gasteiger charge is 2.51. The summed E-state index contributed by atoms with van der Waals surface area (Å²) in [6.07, 6.45) is 11.4. The molecule has 1 aromatic heterocycles. The van der Waals surface area contributed by atoms with E-state index in [0.717, 1.165) is 35.6 Å². The number of anilines is 1. The Balaban J connectivity index is 1.62. The third-order valence-corrected chi connectivity index (χ3v) is 5.38. The van der Waals surface area contributed by atoms with Gasteiger partial charge in [-0.2, -0.15) is 0 Å². The fourth-order valence-electron chi connectivity index (χ4n) is 5.25. The van der Waals surface area contributed by atoms with Gasteiger partial charge in [0.25, 0.3) is 0 Å². The number of hydrogen-bond donors (Lipinski definition) is 1. The summed E-state index contributed by atoms with van der Waals surface area (Å²) >= 11 is 0. The molecule has 0 unspecified atom stereocenters. The van der Waals surface area contributed by atoms with Crippen LogP contribution in [-0.2, 0) is 6.42 Å². The van der Waals surface area contributed by atoms with E-state index in [2.05, 4.69) is 5.16 Å². The van der Waals surface area contributed by atoms with Crippen molar-refractivity contribution in [3.05, 3.63) is 12.0 Å². The van der Waals surface area contributed by atoms with Crippen molar-refractivity contribution in [2.75, 3.05) is 5.73 Å². The lowest BCUT2D eigenvalue weighted by atomic mass is 9.48. The topological polar surface area (TPSA) is 52.0 Å². The van der Waals surface area contributed by atoms with E-state index in [1.54, 1.807) is 6.20 Å². The van der Waals surface area contributed by atoms with Crippen LogP contribution in [0.25, 0.3) is 0 Å². The minimum Gasteiger partial charge on any atom is -0.395 e. The number of nitrogen functional groups attached to an aromatic ring is 1. The van der Waals surface area contributed by atoms with E-state index >= 15 is 0 Å². The van der Waals surface area contributed by atoms with Crippen LogP contribution in [0.4, 0.5) is 5.69 Å². The highest BCUT2D eigenvalue weighted by atomic mass is 16.5. The fraction of sp³-hybridized carbons (Fsp3) is 0.786. The molecule has 1 aromatic rings. The van der Waals surface area contributed by atoms with E-state index in [0.29, 0.717) is 5.41 Å². The van der Waals surface area contributed by atoms with Crippen molar-refractivity contribution in [1.82, 2.24) is 5.16 Å². The molecule has 0 aromatic carbocycles. The summed E-state index contributed by atoms with van der Waals surface area (Å²) < 4.78 is 5.33. The van der Waals surface area contributed by atoms with Crippen molar-refractivity contribution in [2.24, 2.45) is 23.2 Å². The molecule has 1 heterocycles. The Hall–Kier alpha value is -0.990. The second-order valence-electron chi connectivity index (χ2n) is 6.80. The van der Waals surface area contributed by atoms with Gasteiger partial charge in [0.15, 0.2) is 5.76 Å². The van der Waals surface area contributed by atoms with E-state index in [-0.39, 0.29) is 0 Å². The van der Waals surface area contributed by atoms with Gasteiger partial charge in [-0.25, -0.2) is 0 Å². The van der Waals surface area contributed by atoms with E-state index in [4.69, 9.17) is 10.3 Å². The molecule has 4 saturated carbocycles. The standard InChI is InChI=1S/C14H20N2O/c15-12-8-16-17-13(12)7-14-4-9-1-10(5-14)3-11(2-9)6-14/h8-11H,1-7,15H2. The van der Waals surface area contributed by atoms with Gasteiger partial charge < -0.3 is 10.3 Å². The summed E-state index contributed by atoms with van der Waals surface area (Å²) in [5.74, 6) is 3.91. The highest BCUT2D eigenvalue weighted by molar-refractivity contribution is 5.38. The molecule has 0 spiro atoms. The lowest BCUT2D eigenvalue weighted by Crippen LogP contribution is -2.47. The van der Waals surface area contributed by atoms with Crippen molar-refractivity contribution in [2.45, 2.75) is 44.9 Å². The maximum atomic E-state index is 5.91. The van der Waals surface area contributed by atoms with Crippen LogP contribution in [0.15, 0.2) is 10.7 Å². The molecular weight excluding hydrogens is 212 g/mol. The molecule has 17 heavy (non-hydrogen) atoms. The second-order valence-corrected chi connectivity index (χ2v) is 6.80. The Labute approximate surface area is 102 Å². The molecule has 0 radical (unpaired) electrons. The first-order chi connectivity index (χ1) is 8.22. The van der Waals surface area contributed by atoms with Crippen LogP contribution in [-0.4, -0.2) is 5.16 Å². The van der Waals surface area contributed by atoms with Crippen molar-refractivity contribution < 1.29 is 4.52 Å². The zero-order valence-electron chi connectivity index (χ0n) is 10.2. The largest absolute Gasteiger partial charge is 0.395 e. The highest BCUT2D eigenvalue weighted by Crippen LogP contribution is 2.61. The van der Waals surface area contributed by atoms with Crippen molar-refractivity contribution >= 4 is 5.69 Å². The van der Waals surface area contributed by atoms with Gasteiger partial charge in [0.2, 0.25) is 0 Å². The minimum atomic E-state index is 0.502. The van der Waals surface area contributed by atoms with Crippen LogP contribution in [0.1, 0.15) is 44.3 Å². The number of nitrogens with two attached hydrogens (primary N) is 1. The molecule has 4 fully saturated rings. The first kappa shape index (κ1) is 9.98. The number of rotatable bonds is 2. The molecule has 4 aliphatic rings. The van der Waals surface area contributed by atoms with Crippen LogP contribution in [0.2, 0.25) is 0 Å². The van der Waals surface area contributed by atoms with Crippen LogP contribution >= 0.6 is 0 Å². The lowest BCUT2D eigenvalue weighted by molar-refractivity contribution is -0.0548. The summed E-state index contributed by atoms with van der Waals surface area (Å²) in [7, 11) is 0. The fourth-order valence-corrected chi connectivity index (χ4v) is 5.25. The van der Waals surface area contributed by atoms with Gasteiger partial charge in [0.1, 0.15) is 0 Å².